The van der Waals surface area contributed by atoms with E-state index in [1.54, 1.807) is 6.07 Å². The van der Waals surface area contributed by atoms with Crippen molar-refractivity contribution in [3.63, 3.8) is 0 Å². The number of aromatic nitrogens is 2. The van der Waals surface area contributed by atoms with Crippen LogP contribution in [-0.4, -0.2) is 15.7 Å². The summed E-state index contributed by atoms with van der Waals surface area (Å²) in [5.41, 5.74) is 6.90. The number of nitrogens with two attached hydrogens (primary N) is 1. The Morgan fingerprint density at radius 1 is 1.29 bits per heavy atom. The van der Waals surface area contributed by atoms with Gasteiger partial charge in [0.1, 0.15) is 0 Å². The topological polar surface area (TPSA) is 72.9 Å². The molecule has 2 aromatic rings. The number of fused-ring (bicyclic) bond motifs is 1. The monoisotopic (exact) mass is 296 g/mol. The third kappa shape index (κ3) is 2.44. The minimum absolute atomic E-state index is 0.130. The van der Waals surface area contributed by atoms with Gasteiger partial charge in [0, 0.05) is 18.3 Å². The van der Waals surface area contributed by atoms with Crippen LogP contribution in [-0.2, 0) is 17.4 Å². The number of hydrogen-bond acceptors (Lipinski definition) is 3. The first-order valence-corrected chi connectivity index (χ1v) is 6.20. The van der Waals surface area contributed by atoms with Crippen LogP contribution in [0.4, 0.5) is 24.5 Å². The van der Waals surface area contributed by atoms with E-state index in [0.717, 1.165) is 16.3 Å². The van der Waals surface area contributed by atoms with Gasteiger partial charge in [-0.05, 0) is 30.2 Å². The Labute approximate surface area is 117 Å². The molecule has 1 aliphatic heterocycles. The summed E-state index contributed by atoms with van der Waals surface area (Å²) in [6.07, 6.45) is -2.40. The predicted molar refractivity (Wildman–Crippen MR) is 69.9 cm³/mol. The van der Waals surface area contributed by atoms with Crippen molar-refractivity contribution in [2.75, 3.05) is 11.1 Å². The first kappa shape index (κ1) is 13.5. The van der Waals surface area contributed by atoms with Crippen LogP contribution in [0.15, 0.2) is 24.4 Å². The minimum atomic E-state index is -4.51. The van der Waals surface area contributed by atoms with Crippen molar-refractivity contribution in [1.82, 2.24) is 9.78 Å². The number of nitrogens with one attached hydrogen (secondary N) is 1. The molecule has 0 bridgehead atoms. The average molecular weight is 296 g/mol. The maximum absolute atomic E-state index is 12.6. The number of halogens is 3. The fourth-order valence-corrected chi connectivity index (χ4v) is 2.24. The molecule has 0 atom stereocenters. The molecule has 2 heterocycles. The molecule has 0 saturated heterocycles. The number of carbonyl (C=O) groups excluding carboxylic acids is 1. The first-order chi connectivity index (χ1) is 9.84. The van der Waals surface area contributed by atoms with Crippen LogP contribution in [0.2, 0.25) is 0 Å². The van der Waals surface area contributed by atoms with Crippen molar-refractivity contribution >= 4 is 17.3 Å². The summed E-state index contributed by atoms with van der Waals surface area (Å²) in [5, 5.41) is 6.16. The summed E-state index contributed by atoms with van der Waals surface area (Å²) in [4.78, 5) is 11.4. The minimum Gasteiger partial charge on any atom is -0.397 e. The van der Waals surface area contributed by atoms with E-state index in [1.807, 2.05) is 0 Å². The molecule has 5 nitrogen and oxygen atoms in total. The molecule has 0 aliphatic carbocycles. The van der Waals surface area contributed by atoms with E-state index >= 15 is 0 Å². The second-order valence-corrected chi connectivity index (χ2v) is 4.76. The summed E-state index contributed by atoms with van der Waals surface area (Å²) in [7, 11) is 0. The molecule has 21 heavy (non-hydrogen) atoms. The Balaban J connectivity index is 2.04. The van der Waals surface area contributed by atoms with Gasteiger partial charge in [0.25, 0.3) is 0 Å². The number of carbonyl (C=O) groups is 1. The Kier molecular flexibility index (Phi) is 2.89. The van der Waals surface area contributed by atoms with Gasteiger partial charge in [0.05, 0.1) is 11.4 Å². The van der Waals surface area contributed by atoms with Gasteiger partial charge >= 0.3 is 6.18 Å². The van der Waals surface area contributed by atoms with Gasteiger partial charge in [-0.15, -0.1) is 0 Å². The lowest BCUT2D eigenvalue weighted by atomic mass is 10.0. The molecule has 1 aliphatic rings. The SMILES string of the molecule is Nc1cc2c(cc1-n1ccc(C(F)(F)F)n1)NC(=O)CC2. The molecule has 110 valence electrons. The Morgan fingerprint density at radius 2 is 2.05 bits per heavy atom. The van der Waals surface area contributed by atoms with Crippen LogP contribution in [0, 0.1) is 0 Å². The van der Waals surface area contributed by atoms with Crippen molar-refractivity contribution in [2.45, 2.75) is 19.0 Å². The van der Waals surface area contributed by atoms with Crippen LogP contribution in [0.25, 0.3) is 5.69 Å². The third-order valence-corrected chi connectivity index (χ3v) is 3.27. The quantitative estimate of drug-likeness (QED) is 0.793. The van der Waals surface area contributed by atoms with Gasteiger partial charge in [-0.3, -0.25) is 4.79 Å². The van der Waals surface area contributed by atoms with E-state index in [0.29, 0.717) is 29.9 Å². The maximum Gasteiger partial charge on any atom is 0.435 e. The van der Waals surface area contributed by atoms with Crippen LogP contribution in [0.3, 0.4) is 0 Å². The van der Waals surface area contributed by atoms with Gasteiger partial charge in [-0.2, -0.15) is 18.3 Å². The van der Waals surface area contributed by atoms with Crippen LogP contribution < -0.4 is 11.1 Å². The van der Waals surface area contributed by atoms with Crippen LogP contribution >= 0.6 is 0 Å². The van der Waals surface area contributed by atoms with Crippen molar-refractivity contribution in [3.8, 4) is 5.69 Å². The highest BCUT2D eigenvalue weighted by Crippen LogP contribution is 2.32. The van der Waals surface area contributed by atoms with Crippen molar-refractivity contribution in [3.05, 3.63) is 35.7 Å². The number of benzene rings is 1. The number of nitrogens with zero attached hydrogens (tertiary/aromatic N) is 2. The zero-order chi connectivity index (χ0) is 15.2. The molecule has 3 N–H and O–H groups in total. The molecule has 0 saturated carbocycles. The molecule has 0 unspecified atom stereocenters. The molecule has 1 aromatic heterocycles. The fourth-order valence-electron chi connectivity index (χ4n) is 2.24. The number of amides is 1. The lowest BCUT2D eigenvalue weighted by molar-refractivity contribution is -0.141. The largest absolute Gasteiger partial charge is 0.435 e. The second-order valence-electron chi connectivity index (χ2n) is 4.76. The summed E-state index contributed by atoms with van der Waals surface area (Å²) < 4.78 is 38.8. The average Bonchev–Trinajstić information content (AvgIpc) is 2.88. The normalized spacial score (nSPS) is 14.7. The highest BCUT2D eigenvalue weighted by molar-refractivity contribution is 5.95. The molecule has 0 spiro atoms. The lowest BCUT2D eigenvalue weighted by Crippen LogP contribution is -2.19. The van der Waals surface area contributed by atoms with Gasteiger partial charge in [0.15, 0.2) is 5.69 Å². The van der Waals surface area contributed by atoms with E-state index in [9.17, 15) is 18.0 Å². The lowest BCUT2D eigenvalue weighted by Gasteiger charge is -2.19. The van der Waals surface area contributed by atoms with Crippen molar-refractivity contribution in [2.24, 2.45) is 0 Å². The Hall–Kier alpha value is -2.51. The second kappa shape index (κ2) is 4.51. The number of alkyl halides is 3. The number of aryl methyl sites for hydroxylation is 1. The molecule has 8 heteroatoms. The number of hydrogen-bond donors (Lipinski definition) is 2. The van der Waals surface area contributed by atoms with Gasteiger partial charge in [-0.1, -0.05) is 0 Å². The summed E-state index contributed by atoms with van der Waals surface area (Å²) >= 11 is 0. The zero-order valence-corrected chi connectivity index (χ0v) is 10.7. The van der Waals surface area contributed by atoms with Crippen molar-refractivity contribution < 1.29 is 18.0 Å². The first-order valence-electron chi connectivity index (χ1n) is 6.20. The summed E-state index contributed by atoms with van der Waals surface area (Å²) in [6, 6.07) is 4.06. The molecule has 1 amide bonds. The van der Waals surface area contributed by atoms with Gasteiger partial charge in [0.2, 0.25) is 5.91 Å². The standard InChI is InChI=1S/C13H11F3N4O/c14-13(15,16)11-3-4-20(19-11)10-6-9-7(5-8(10)17)1-2-12(21)18-9/h3-6H,1-2,17H2,(H,18,21). The molecule has 3 rings (SSSR count). The van der Waals surface area contributed by atoms with E-state index in [1.165, 1.54) is 12.3 Å². The smallest absolute Gasteiger partial charge is 0.397 e. The van der Waals surface area contributed by atoms with E-state index in [2.05, 4.69) is 10.4 Å². The molecular weight excluding hydrogens is 285 g/mol. The number of rotatable bonds is 1. The maximum atomic E-state index is 12.6. The van der Waals surface area contributed by atoms with Crippen molar-refractivity contribution in [1.29, 1.82) is 0 Å². The zero-order valence-electron chi connectivity index (χ0n) is 10.7. The van der Waals surface area contributed by atoms with E-state index in [-0.39, 0.29) is 5.91 Å². The summed E-state index contributed by atoms with van der Waals surface area (Å²) in [6.45, 7) is 0. The molecule has 1 aromatic carbocycles. The Morgan fingerprint density at radius 3 is 2.71 bits per heavy atom. The van der Waals surface area contributed by atoms with Gasteiger partial charge in [-0.25, -0.2) is 4.68 Å². The predicted octanol–water partition coefficient (Wildman–Crippen LogP) is 2.36. The number of anilines is 2. The third-order valence-electron chi connectivity index (χ3n) is 3.27. The van der Waals surface area contributed by atoms with Crippen LogP contribution in [0.1, 0.15) is 17.7 Å². The highest BCUT2D eigenvalue weighted by Gasteiger charge is 2.33. The fraction of sp³-hybridized carbons (Fsp3) is 0.231. The molecule has 0 radical (unpaired) electrons. The van der Waals surface area contributed by atoms with E-state index in [4.69, 9.17) is 5.73 Å². The van der Waals surface area contributed by atoms with Gasteiger partial charge < -0.3 is 11.1 Å². The molecule has 0 fully saturated rings. The van der Waals surface area contributed by atoms with E-state index < -0.39 is 11.9 Å². The Bertz CT molecular complexity index is 721. The molecular formula is C13H11F3N4O. The summed E-state index contributed by atoms with van der Waals surface area (Å²) in [5.74, 6) is -0.130. The number of nitrogen functional groups attached to an aromatic ring is 1. The van der Waals surface area contributed by atoms with Crippen LogP contribution in [0.5, 0.6) is 0 Å². The highest BCUT2D eigenvalue weighted by atomic mass is 19.4.